The number of benzene rings is 2. The van der Waals surface area contributed by atoms with Gasteiger partial charge in [-0.15, -0.1) is 11.3 Å². The third-order valence-corrected chi connectivity index (χ3v) is 4.82. The smallest absolute Gasteiger partial charge is 0.335 e. The summed E-state index contributed by atoms with van der Waals surface area (Å²) in [5.41, 5.74) is 3.21. The monoisotopic (exact) mass is 379 g/mol. The van der Waals surface area contributed by atoms with Gasteiger partial charge in [-0.1, -0.05) is 44.2 Å². The van der Waals surface area contributed by atoms with Crippen molar-refractivity contribution in [2.24, 2.45) is 0 Å². The van der Waals surface area contributed by atoms with Crippen LogP contribution < -0.4 is 4.74 Å². The molecular weight excluding hydrogens is 358 g/mol. The number of nitrogens with zero attached hydrogens (tertiary/aromatic N) is 1. The van der Waals surface area contributed by atoms with Gasteiger partial charge in [0.2, 0.25) is 0 Å². The Morgan fingerprint density at radius 1 is 1.19 bits per heavy atom. The SMILES string of the molecule is CC(C)c1csc(/C=C/c2cccc(OCc3cccc(C(=O)O)c3)c2)n1. The van der Waals surface area contributed by atoms with Gasteiger partial charge in [0.25, 0.3) is 0 Å². The zero-order chi connectivity index (χ0) is 19.2. The Kier molecular flexibility index (Phi) is 6.04. The summed E-state index contributed by atoms with van der Waals surface area (Å²) in [6, 6.07) is 14.6. The molecule has 0 radical (unpaired) electrons. The zero-order valence-corrected chi connectivity index (χ0v) is 16.1. The first-order valence-electron chi connectivity index (χ1n) is 8.70. The Bertz CT molecular complexity index is 959. The second-order valence-electron chi connectivity index (χ2n) is 6.47. The predicted octanol–water partition coefficient (Wildman–Crippen LogP) is 5.71. The minimum Gasteiger partial charge on any atom is -0.489 e. The Morgan fingerprint density at radius 2 is 2.00 bits per heavy atom. The van der Waals surface area contributed by atoms with Gasteiger partial charge in [-0.2, -0.15) is 0 Å². The summed E-state index contributed by atoms with van der Waals surface area (Å²) < 4.78 is 5.82. The molecule has 0 saturated carbocycles. The van der Waals surface area contributed by atoms with Crippen molar-refractivity contribution < 1.29 is 14.6 Å². The molecule has 2 aromatic carbocycles. The Balaban J connectivity index is 1.65. The first-order valence-corrected chi connectivity index (χ1v) is 9.58. The van der Waals surface area contributed by atoms with Crippen LogP contribution in [0.25, 0.3) is 12.2 Å². The van der Waals surface area contributed by atoms with Gasteiger partial charge in [-0.25, -0.2) is 9.78 Å². The maximum atomic E-state index is 11.0. The lowest BCUT2D eigenvalue weighted by Gasteiger charge is -2.07. The summed E-state index contributed by atoms with van der Waals surface area (Å²) >= 11 is 1.64. The van der Waals surface area contributed by atoms with E-state index in [-0.39, 0.29) is 5.56 Å². The van der Waals surface area contributed by atoms with Gasteiger partial charge < -0.3 is 9.84 Å². The number of aromatic nitrogens is 1. The highest BCUT2D eigenvalue weighted by atomic mass is 32.1. The van der Waals surface area contributed by atoms with E-state index in [1.54, 1.807) is 29.5 Å². The average Bonchev–Trinajstić information content (AvgIpc) is 3.15. The van der Waals surface area contributed by atoms with Gasteiger partial charge in [0, 0.05) is 5.38 Å². The number of ether oxygens (including phenoxy) is 1. The van der Waals surface area contributed by atoms with Gasteiger partial charge in [0.1, 0.15) is 17.4 Å². The van der Waals surface area contributed by atoms with Crippen LogP contribution in [-0.4, -0.2) is 16.1 Å². The van der Waals surface area contributed by atoms with E-state index in [2.05, 4.69) is 24.2 Å². The summed E-state index contributed by atoms with van der Waals surface area (Å²) in [4.78, 5) is 15.6. The fourth-order valence-corrected chi connectivity index (χ4v) is 3.35. The molecule has 1 heterocycles. The van der Waals surface area contributed by atoms with Crippen LogP contribution in [0.5, 0.6) is 5.75 Å². The van der Waals surface area contributed by atoms with Gasteiger partial charge in [0.15, 0.2) is 0 Å². The Labute approximate surface area is 162 Å². The molecule has 138 valence electrons. The van der Waals surface area contributed by atoms with Crippen molar-refractivity contribution in [2.75, 3.05) is 0 Å². The van der Waals surface area contributed by atoms with E-state index >= 15 is 0 Å². The predicted molar refractivity (Wildman–Crippen MR) is 109 cm³/mol. The third-order valence-electron chi connectivity index (χ3n) is 3.99. The van der Waals surface area contributed by atoms with E-state index in [0.29, 0.717) is 12.5 Å². The van der Waals surface area contributed by atoms with Crippen LogP contribution in [0.15, 0.2) is 53.9 Å². The van der Waals surface area contributed by atoms with E-state index in [1.165, 1.54) is 0 Å². The highest BCUT2D eigenvalue weighted by Gasteiger charge is 2.05. The third kappa shape index (κ3) is 5.28. The fraction of sp³-hybridized carbons (Fsp3) is 0.182. The van der Waals surface area contributed by atoms with E-state index in [1.807, 2.05) is 42.5 Å². The molecule has 0 atom stereocenters. The van der Waals surface area contributed by atoms with Crippen LogP contribution in [-0.2, 0) is 6.61 Å². The van der Waals surface area contributed by atoms with Gasteiger partial charge in [0.05, 0.1) is 11.3 Å². The van der Waals surface area contributed by atoms with Crippen molar-refractivity contribution in [1.29, 1.82) is 0 Å². The minimum atomic E-state index is -0.938. The Hall–Kier alpha value is -2.92. The standard InChI is InChI=1S/C22H21NO3S/c1-15(2)20-14-27-21(23-20)10-9-16-5-4-8-19(12-16)26-13-17-6-3-7-18(11-17)22(24)25/h3-12,14-15H,13H2,1-2H3,(H,24,25)/b10-9+. The molecule has 0 aliphatic carbocycles. The van der Waals surface area contributed by atoms with Crippen molar-refractivity contribution in [1.82, 2.24) is 4.98 Å². The molecular formula is C22H21NO3S. The largest absolute Gasteiger partial charge is 0.489 e. The molecule has 1 aromatic heterocycles. The maximum absolute atomic E-state index is 11.0. The molecule has 4 nitrogen and oxygen atoms in total. The summed E-state index contributed by atoms with van der Waals surface area (Å²) in [5, 5.41) is 12.1. The number of hydrogen-bond acceptors (Lipinski definition) is 4. The lowest BCUT2D eigenvalue weighted by molar-refractivity contribution is 0.0696. The summed E-state index contributed by atoms with van der Waals surface area (Å²) in [6.07, 6.45) is 4.02. The van der Waals surface area contributed by atoms with Gasteiger partial charge >= 0.3 is 5.97 Å². The van der Waals surface area contributed by atoms with Crippen molar-refractivity contribution in [3.8, 4) is 5.75 Å². The zero-order valence-electron chi connectivity index (χ0n) is 15.3. The molecule has 3 rings (SSSR count). The molecule has 0 aliphatic heterocycles. The molecule has 0 bridgehead atoms. The normalized spacial score (nSPS) is 11.2. The first kappa shape index (κ1) is 18.9. The highest BCUT2D eigenvalue weighted by Crippen LogP contribution is 2.21. The molecule has 0 aliphatic rings. The van der Waals surface area contributed by atoms with Crippen LogP contribution >= 0.6 is 11.3 Å². The van der Waals surface area contributed by atoms with Crippen molar-refractivity contribution in [2.45, 2.75) is 26.4 Å². The van der Waals surface area contributed by atoms with Crippen molar-refractivity contribution in [3.63, 3.8) is 0 Å². The number of thiazole rings is 1. The van der Waals surface area contributed by atoms with E-state index in [4.69, 9.17) is 9.84 Å². The number of hydrogen-bond donors (Lipinski definition) is 1. The molecule has 3 aromatic rings. The summed E-state index contributed by atoms with van der Waals surface area (Å²) in [6.45, 7) is 4.59. The van der Waals surface area contributed by atoms with Crippen LogP contribution in [0.4, 0.5) is 0 Å². The van der Waals surface area contributed by atoms with E-state index in [0.717, 1.165) is 27.6 Å². The van der Waals surface area contributed by atoms with Crippen molar-refractivity contribution in [3.05, 3.63) is 81.3 Å². The molecule has 0 amide bonds. The second kappa shape index (κ2) is 8.64. The Morgan fingerprint density at radius 3 is 2.74 bits per heavy atom. The maximum Gasteiger partial charge on any atom is 0.335 e. The lowest BCUT2D eigenvalue weighted by atomic mass is 10.1. The molecule has 5 heteroatoms. The molecule has 27 heavy (non-hydrogen) atoms. The first-order chi connectivity index (χ1) is 13.0. The molecule has 0 saturated heterocycles. The van der Waals surface area contributed by atoms with Crippen molar-refractivity contribution >= 4 is 29.5 Å². The molecule has 1 N–H and O–H groups in total. The minimum absolute atomic E-state index is 0.261. The van der Waals surface area contributed by atoms with E-state index in [9.17, 15) is 4.79 Å². The van der Waals surface area contributed by atoms with E-state index < -0.39 is 5.97 Å². The van der Waals surface area contributed by atoms with Crippen LogP contribution in [0, 0.1) is 0 Å². The van der Waals surface area contributed by atoms with Crippen LogP contribution in [0.1, 0.15) is 52.0 Å². The average molecular weight is 379 g/mol. The van der Waals surface area contributed by atoms with Gasteiger partial charge in [-0.3, -0.25) is 0 Å². The van der Waals surface area contributed by atoms with Crippen LogP contribution in [0.3, 0.4) is 0 Å². The van der Waals surface area contributed by atoms with Gasteiger partial charge in [-0.05, 0) is 47.4 Å². The number of carbonyl (C=O) groups is 1. The quantitative estimate of drug-likeness (QED) is 0.571. The number of carboxylic acid groups (broad SMARTS) is 1. The summed E-state index contributed by atoms with van der Waals surface area (Å²) in [5.74, 6) is 0.228. The number of carboxylic acids is 1. The summed E-state index contributed by atoms with van der Waals surface area (Å²) in [7, 11) is 0. The fourth-order valence-electron chi connectivity index (χ4n) is 2.48. The highest BCUT2D eigenvalue weighted by molar-refractivity contribution is 7.10. The molecule has 0 fully saturated rings. The second-order valence-corrected chi connectivity index (χ2v) is 7.36. The lowest BCUT2D eigenvalue weighted by Crippen LogP contribution is -2.00. The van der Waals surface area contributed by atoms with Crippen LogP contribution in [0.2, 0.25) is 0 Å². The molecule has 0 spiro atoms. The topological polar surface area (TPSA) is 59.4 Å². The molecule has 0 unspecified atom stereocenters. The number of rotatable bonds is 7. The number of aromatic carboxylic acids is 1.